The molecule has 1 aromatic carbocycles. The summed E-state index contributed by atoms with van der Waals surface area (Å²) in [4.78, 5) is 0. The Morgan fingerprint density at radius 2 is 2.18 bits per heavy atom. The third-order valence-corrected chi connectivity index (χ3v) is 3.91. The van der Waals surface area contributed by atoms with Crippen LogP contribution in [0.25, 0.3) is 10.9 Å². The summed E-state index contributed by atoms with van der Waals surface area (Å²) in [6, 6.07) is 9.58. The highest BCUT2D eigenvalue weighted by Crippen LogP contribution is 2.25. The smallest absolute Gasteiger partial charge is 0.0494 e. The summed E-state index contributed by atoms with van der Waals surface area (Å²) >= 11 is 3.55. The minimum atomic E-state index is 0.769. The first-order chi connectivity index (χ1) is 8.28. The van der Waals surface area contributed by atoms with Gasteiger partial charge < -0.3 is 9.88 Å². The number of hydrogen-bond acceptors (Lipinski definition) is 1. The normalized spacial score (nSPS) is 15.6. The first kappa shape index (κ1) is 11.3. The molecule has 1 aliphatic rings. The molecule has 0 saturated heterocycles. The average molecular weight is 293 g/mol. The van der Waals surface area contributed by atoms with Crippen molar-refractivity contribution in [3.05, 3.63) is 34.4 Å². The van der Waals surface area contributed by atoms with Gasteiger partial charge in [0.05, 0.1) is 0 Å². The summed E-state index contributed by atoms with van der Waals surface area (Å²) in [6.07, 6.45) is 2.69. The zero-order chi connectivity index (χ0) is 11.8. The number of nitrogens with zero attached hydrogens (tertiary/aromatic N) is 1. The quantitative estimate of drug-likeness (QED) is 0.910. The standard InChI is InChI=1S/C14H17BrN2/c1-2-17-13(9-16-12-5-6-12)7-10-3-4-11(15)8-14(10)17/h3-4,7-8,12,16H,2,5-6,9H2,1H3. The van der Waals surface area contributed by atoms with Gasteiger partial charge >= 0.3 is 0 Å². The molecule has 0 amide bonds. The van der Waals surface area contributed by atoms with Crippen LogP contribution in [-0.4, -0.2) is 10.6 Å². The SMILES string of the molecule is CCn1c(CNC2CC2)cc2ccc(Br)cc21. The second-order valence-electron chi connectivity index (χ2n) is 4.74. The van der Waals surface area contributed by atoms with Gasteiger partial charge in [-0.2, -0.15) is 0 Å². The first-order valence-electron chi connectivity index (χ1n) is 6.29. The summed E-state index contributed by atoms with van der Waals surface area (Å²) in [5.74, 6) is 0. The topological polar surface area (TPSA) is 17.0 Å². The van der Waals surface area contributed by atoms with Gasteiger partial charge in [-0.15, -0.1) is 0 Å². The van der Waals surface area contributed by atoms with Crippen LogP contribution >= 0.6 is 15.9 Å². The maximum absolute atomic E-state index is 3.59. The lowest BCUT2D eigenvalue weighted by atomic mass is 10.2. The van der Waals surface area contributed by atoms with Crippen LogP contribution in [0.1, 0.15) is 25.5 Å². The molecule has 1 N–H and O–H groups in total. The fourth-order valence-electron chi connectivity index (χ4n) is 2.34. The largest absolute Gasteiger partial charge is 0.344 e. The van der Waals surface area contributed by atoms with E-state index in [0.29, 0.717) is 0 Å². The van der Waals surface area contributed by atoms with Crippen molar-refractivity contribution in [2.75, 3.05) is 0 Å². The molecule has 1 aromatic heterocycles. The molecule has 2 nitrogen and oxygen atoms in total. The molecule has 90 valence electrons. The average Bonchev–Trinajstić information content (AvgIpc) is 3.08. The van der Waals surface area contributed by atoms with Gasteiger partial charge in [0.1, 0.15) is 0 Å². The van der Waals surface area contributed by atoms with Gasteiger partial charge in [-0.1, -0.05) is 22.0 Å². The molecule has 3 rings (SSSR count). The van der Waals surface area contributed by atoms with Crippen LogP contribution in [0.2, 0.25) is 0 Å². The third-order valence-electron chi connectivity index (χ3n) is 3.42. The van der Waals surface area contributed by atoms with Crippen molar-refractivity contribution >= 4 is 26.8 Å². The van der Waals surface area contributed by atoms with Crippen molar-refractivity contribution in [2.45, 2.75) is 38.9 Å². The molecular formula is C14H17BrN2. The minimum Gasteiger partial charge on any atom is -0.344 e. The summed E-state index contributed by atoms with van der Waals surface area (Å²) in [6.45, 7) is 4.23. The second-order valence-corrected chi connectivity index (χ2v) is 5.65. The molecule has 1 fully saturated rings. The van der Waals surface area contributed by atoms with Crippen molar-refractivity contribution < 1.29 is 0 Å². The molecule has 0 unspecified atom stereocenters. The van der Waals surface area contributed by atoms with Crippen LogP contribution in [0.15, 0.2) is 28.7 Å². The van der Waals surface area contributed by atoms with Gasteiger partial charge in [0.25, 0.3) is 0 Å². The predicted molar refractivity (Wildman–Crippen MR) is 75.2 cm³/mol. The van der Waals surface area contributed by atoms with Crippen LogP contribution in [0.4, 0.5) is 0 Å². The lowest BCUT2D eigenvalue weighted by molar-refractivity contribution is 0.634. The Balaban J connectivity index is 1.97. The van der Waals surface area contributed by atoms with Crippen molar-refractivity contribution in [1.82, 2.24) is 9.88 Å². The Hall–Kier alpha value is -0.800. The minimum absolute atomic E-state index is 0.769. The van der Waals surface area contributed by atoms with Gasteiger partial charge in [-0.3, -0.25) is 0 Å². The van der Waals surface area contributed by atoms with E-state index in [2.05, 4.69) is 57.0 Å². The molecule has 0 spiro atoms. The van der Waals surface area contributed by atoms with E-state index >= 15 is 0 Å². The first-order valence-corrected chi connectivity index (χ1v) is 7.08. The molecule has 0 aliphatic heterocycles. The molecule has 17 heavy (non-hydrogen) atoms. The number of halogens is 1. The number of nitrogens with one attached hydrogen (secondary N) is 1. The van der Waals surface area contributed by atoms with Gasteiger partial charge in [0.2, 0.25) is 0 Å². The van der Waals surface area contributed by atoms with Crippen LogP contribution in [-0.2, 0) is 13.1 Å². The Morgan fingerprint density at radius 1 is 1.35 bits per heavy atom. The number of aryl methyl sites for hydroxylation is 1. The highest BCUT2D eigenvalue weighted by atomic mass is 79.9. The summed E-state index contributed by atoms with van der Waals surface area (Å²) < 4.78 is 3.55. The molecule has 0 radical (unpaired) electrons. The third kappa shape index (κ3) is 2.26. The van der Waals surface area contributed by atoms with E-state index in [1.807, 2.05) is 0 Å². The fraction of sp³-hybridized carbons (Fsp3) is 0.429. The van der Waals surface area contributed by atoms with Crippen LogP contribution in [0.3, 0.4) is 0 Å². The Morgan fingerprint density at radius 3 is 2.88 bits per heavy atom. The zero-order valence-corrected chi connectivity index (χ0v) is 11.6. The van der Waals surface area contributed by atoms with Crippen LogP contribution in [0, 0.1) is 0 Å². The molecule has 1 aliphatic carbocycles. The number of benzene rings is 1. The highest BCUT2D eigenvalue weighted by molar-refractivity contribution is 9.10. The highest BCUT2D eigenvalue weighted by Gasteiger charge is 2.20. The van der Waals surface area contributed by atoms with E-state index < -0.39 is 0 Å². The molecule has 3 heteroatoms. The maximum Gasteiger partial charge on any atom is 0.0494 e. The molecule has 0 bridgehead atoms. The second kappa shape index (κ2) is 4.46. The summed E-state index contributed by atoms with van der Waals surface area (Å²) in [5, 5.41) is 4.93. The van der Waals surface area contributed by atoms with Crippen molar-refractivity contribution in [1.29, 1.82) is 0 Å². The Kier molecular flexibility index (Phi) is 2.97. The molecule has 1 heterocycles. The monoisotopic (exact) mass is 292 g/mol. The number of aromatic nitrogens is 1. The van der Waals surface area contributed by atoms with Gasteiger partial charge in [0, 0.05) is 34.8 Å². The number of hydrogen-bond donors (Lipinski definition) is 1. The van der Waals surface area contributed by atoms with Gasteiger partial charge in [-0.25, -0.2) is 0 Å². The van der Waals surface area contributed by atoms with E-state index in [9.17, 15) is 0 Å². The lowest BCUT2D eigenvalue weighted by Gasteiger charge is -2.08. The van der Waals surface area contributed by atoms with Crippen molar-refractivity contribution in [2.24, 2.45) is 0 Å². The summed E-state index contributed by atoms with van der Waals surface area (Å²) in [5.41, 5.74) is 2.72. The van der Waals surface area contributed by atoms with E-state index in [1.54, 1.807) is 0 Å². The van der Waals surface area contributed by atoms with Gasteiger partial charge in [0.15, 0.2) is 0 Å². The van der Waals surface area contributed by atoms with Crippen LogP contribution in [0.5, 0.6) is 0 Å². The van der Waals surface area contributed by atoms with E-state index in [0.717, 1.165) is 23.6 Å². The van der Waals surface area contributed by atoms with Crippen LogP contribution < -0.4 is 5.32 Å². The van der Waals surface area contributed by atoms with E-state index in [1.165, 1.54) is 29.4 Å². The predicted octanol–water partition coefficient (Wildman–Crippen LogP) is 3.68. The molecular weight excluding hydrogens is 276 g/mol. The Bertz CT molecular complexity index is 540. The van der Waals surface area contributed by atoms with E-state index in [4.69, 9.17) is 0 Å². The Labute approximate surface area is 110 Å². The molecule has 2 aromatic rings. The van der Waals surface area contributed by atoms with E-state index in [-0.39, 0.29) is 0 Å². The van der Waals surface area contributed by atoms with Crippen molar-refractivity contribution in [3.8, 4) is 0 Å². The molecule has 0 atom stereocenters. The maximum atomic E-state index is 3.59. The summed E-state index contributed by atoms with van der Waals surface area (Å²) in [7, 11) is 0. The number of rotatable bonds is 4. The van der Waals surface area contributed by atoms with Gasteiger partial charge in [-0.05, 0) is 43.4 Å². The van der Waals surface area contributed by atoms with Crippen molar-refractivity contribution in [3.63, 3.8) is 0 Å². The fourth-order valence-corrected chi connectivity index (χ4v) is 2.69. The molecule has 1 saturated carbocycles. The zero-order valence-electron chi connectivity index (χ0n) is 10.0. The number of fused-ring (bicyclic) bond motifs is 1. The lowest BCUT2D eigenvalue weighted by Crippen LogP contribution is -2.17.